The Bertz CT molecular complexity index is 1120. The molecule has 3 aromatic carbocycles. The molecule has 0 fully saturated rings. The highest BCUT2D eigenvalue weighted by atomic mass is 16.5. The van der Waals surface area contributed by atoms with Gasteiger partial charge in [0.05, 0.1) is 31.7 Å². The van der Waals surface area contributed by atoms with Gasteiger partial charge in [-0.25, -0.2) is 0 Å². The van der Waals surface area contributed by atoms with Crippen molar-refractivity contribution in [3.05, 3.63) is 77.9 Å². The molecule has 0 bridgehead atoms. The molecule has 0 aliphatic carbocycles. The predicted octanol–water partition coefficient (Wildman–Crippen LogP) is 5.35. The highest BCUT2D eigenvalue weighted by Crippen LogP contribution is 2.43. The Hall–Kier alpha value is -3.80. The molecular formula is C26H26N2O4. The van der Waals surface area contributed by atoms with E-state index in [1.165, 1.54) is 0 Å². The van der Waals surface area contributed by atoms with Crippen molar-refractivity contribution < 1.29 is 19.0 Å². The third-order valence-electron chi connectivity index (χ3n) is 5.21. The van der Waals surface area contributed by atoms with Crippen LogP contribution in [0, 0.1) is 0 Å². The molecule has 0 saturated carbocycles. The van der Waals surface area contributed by atoms with E-state index in [9.17, 15) is 4.79 Å². The number of aliphatic imine (C=N–C) groups is 1. The summed E-state index contributed by atoms with van der Waals surface area (Å²) in [5, 5.41) is 2.99. The molecular weight excluding hydrogens is 404 g/mol. The number of rotatable bonds is 8. The summed E-state index contributed by atoms with van der Waals surface area (Å²) in [4.78, 5) is 18.1. The van der Waals surface area contributed by atoms with Gasteiger partial charge in [-0.1, -0.05) is 30.3 Å². The van der Waals surface area contributed by atoms with E-state index in [1.807, 2.05) is 80.6 Å². The molecule has 0 spiro atoms. The fraction of sp³-hybridized carbons (Fsp3) is 0.231. The molecule has 4 rings (SSSR count). The molecule has 1 unspecified atom stereocenters. The van der Waals surface area contributed by atoms with Gasteiger partial charge >= 0.3 is 0 Å². The SMILES string of the molecule is CCOc1cc2c(cc1OCC)C(C(=Nc1ccc(OC)cc1)c1ccccc1)C(=O)N2. The fourth-order valence-corrected chi connectivity index (χ4v) is 3.78. The van der Waals surface area contributed by atoms with Crippen LogP contribution < -0.4 is 19.5 Å². The Kier molecular flexibility index (Phi) is 6.40. The van der Waals surface area contributed by atoms with Gasteiger partial charge < -0.3 is 19.5 Å². The topological polar surface area (TPSA) is 69.1 Å². The zero-order valence-corrected chi connectivity index (χ0v) is 18.4. The first-order chi connectivity index (χ1) is 15.6. The quantitative estimate of drug-likeness (QED) is 0.489. The number of amides is 1. The smallest absolute Gasteiger partial charge is 0.238 e. The van der Waals surface area contributed by atoms with E-state index in [-0.39, 0.29) is 5.91 Å². The Balaban J connectivity index is 1.84. The van der Waals surface area contributed by atoms with Crippen LogP contribution in [0.2, 0.25) is 0 Å². The lowest BCUT2D eigenvalue weighted by Gasteiger charge is -2.16. The third kappa shape index (κ3) is 4.30. The number of carbonyl (C=O) groups is 1. The van der Waals surface area contributed by atoms with Crippen molar-refractivity contribution in [3.63, 3.8) is 0 Å². The number of hydrogen-bond acceptors (Lipinski definition) is 5. The molecule has 1 aliphatic rings. The van der Waals surface area contributed by atoms with E-state index in [1.54, 1.807) is 7.11 Å². The maximum Gasteiger partial charge on any atom is 0.238 e. The zero-order valence-electron chi connectivity index (χ0n) is 18.4. The lowest BCUT2D eigenvalue weighted by atomic mass is 9.90. The van der Waals surface area contributed by atoms with Gasteiger partial charge in [-0.3, -0.25) is 9.79 Å². The molecule has 1 heterocycles. The summed E-state index contributed by atoms with van der Waals surface area (Å²) in [5.41, 5.74) is 3.81. The number of methoxy groups -OCH3 is 1. The maximum absolute atomic E-state index is 13.2. The average Bonchev–Trinajstić information content (AvgIpc) is 3.13. The van der Waals surface area contributed by atoms with Crippen molar-refractivity contribution in [3.8, 4) is 17.2 Å². The number of ether oxygens (including phenoxy) is 3. The lowest BCUT2D eigenvalue weighted by Crippen LogP contribution is -2.22. The van der Waals surface area contributed by atoms with Crippen molar-refractivity contribution in [1.29, 1.82) is 0 Å². The van der Waals surface area contributed by atoms with Crippen LogP contribution in [0.3, 0.4) is 0 Å². The Morgan fingerprint density at radius 2 is 1.59 bits per heavy atom. The summed E-state index contributed by atoms with van der Waals surface area (Å²) in [7, 11) is 1.62. The number of benzene rings is 3. The molecule has 6 heteroatoms. The first-order valence-corrected chi connectivity index (χ1v) is 10.7. The molecule has 6 nitrogen and oxygen atoms in total. The zero-order chi connectivity index (χ0) is 22.5. The molecule has 3 aromatic rings. The Morgan fingerprint density at radius 1 is 0.938 bits per heavy atom. The molecule has 0 aromatic heterocycles. The van der Waals surface area contributed by atoms with E-state index in [0.717, 1.165) is 22.6 Å². The van der Waals surface area contributed by atoms with Crippen LogP contribution in [0.1, 0.15) is 30.9 Å². The van der Waals surface area contributed by atoms with E-state index >= 15 is 0 Å². The number of carbonyl (C=O) groups excluding carboxylic acids is 1. The first-order valence-electron chi connectivity index (χ1n) is 10.7. The molecule has 1 N–H and O–H groups in total. The maximum atomic E-state index is 13.2. The van der Waals surface area contributed by atoms with Crippen LogP contribution >= 0.6 is 0 Å². The van der Waals surface area contributed by atoms with Gasteiger partial charge in [0.2, 0.25) is 5.91 Å². The summed E-state index contributed by atoms with van der Waals surface area (Å²) in [6, 6.07) is 20.9. The number of fused-ring (bicyclic) bond motifs is 1. The van der Waals surface area contributed by atoms with Gasteiger partial charge in [0, 0.05) is 11.8 Å². The van der Waals surface area contributed by atoms with Gasteiger partial charge in [0.1, 0.15) is 11.7 Å². The second kappa shape index (κ2) is 9.56. The predicted molar refractivity (Wildman–Crippen MR) is 126 cm³/mol. The van der Waals surface area contributed by atoms with E-state index in [2.05, 4.69) is 5.32 Å². The standard InChI is InChI=1S/C26H26N2O4/c1-4-31-22-15-20-21(16-23(22)32-5-2)28-26(29)24(20)25(17-9-7-6-8-10-17)27-18-11-13-19(30-3)14-12-18/h6-16,24H,4-5H2,1-3H3,(H,28,29). The first kappa shape index (κ1) is 21.4. The fourth-order valence-electron chi connectivity index (χ4n) is 3.78. The molecule has 32 heavy (non-hydrogen) atoms. The van der Waals surface area contributed by atoms with Crippen molar-refractivity contribution in [2.24, 2.45) is 4.99 Å². The number of nitrogens with one attached hydrogen (secondary N) is 1. The molecule has 164 valence electrons. The second-order valence-corrected chi connectivity index (χ2v) is 7.24. The summed E-state index contributed by atoms with van der Waals surface area (Å²) in [5.74, 6) is 1.27. The van der Waals surface area contributed by atoms with E-state index in [4.69, 9.17) is 19.2 Å². The van der Waals surface area contributed by atoms with Crippen LogP contribution in [0.15, 0.2) is 71.7 Å². The van der Waals surface area contributed by atoms with Crippen LogP contribution in [0.25, 0.3) is 0 Å². The van der Waals surface area contributed by atoms with Gasteiger partial charge in [0.25, 0.3) is 0 Å². The number of nitrogens with zero attached hydrogens (tertiary/aromatic N) is 1. The second-order valence-electron chi connectivity index (χ2n) is 7.24. The third-order valence-corrected chi connectivity index (χ3v) is 5.21. The average molecular weight is 431 g/mol. The summed E-state index contributed by atoms with van der Waals surface area (Å²) in [6.45, 7) is 4.84. The molecule has 0 saturated heterocycles. The van der Waals surface area contributed by atoms with Crippen molar-refractivity contribution >= 4 is 23.0 Å². The highest BCUT2D eigenvalue weighted by molar-refractivity contribution is 6.24. The van der Waals surface area contributed by atoms with Gasteiger partial charge in [0.15, 0.2) is 11.5 Å². The molecule has 0 radical (unpaired) electrons. The molecule has 1 aliphatic heterocycles. The van der Waals surface area contributed by atoms with E-state index < -0.39 is 5.92 Å². The van der Waals surface area contributed by atoms with Gasteiger partial charge in [-0.05, 0) is 55.3 Å². The van der Waals surface area contributed by atoms with Crippen LogP contribution in [-0.4, -0.2) is 31.9 Å². The van der Waals surface area contributed by atoms with Gasteiger partial charge in [-0.15, -0.1) is 0 Å². The van der Waals surface area contributed by atoms with Crippen LogP contribution in [-0.2, 0) is 4.79 Å². The monoisotopic (exact) mass is 430 g/mol. The number of anilines is 1. The van der Waals surface area contributed by atoms with E-state index in [0.29, 0.717) is 36.1 Å². The van der Waals surface area contributed by atoms with Crippen LogP contribution in [0.4, 0.5) is 11.4 Å². The normalized spacial score (nSPS) is 15.2. The molecule has 1 atom stereocenters. The van der Waals surface area contributed by atoms with Gasteiger partial charge in [-0.2, -0.15) is 0 Å². The highest BCUT2D eigenvalue weighted by Gasteiger charge is 2.36. The minimum Gasteiger partial charge on any atom is -0.497 e. The van der Waals surface area contributed by atoms with Crippen molar-refractivity contribution in [1.82, 2.24) is 0 Å². The minimum atomic E-state index is -0.579. The summed E-state index contributed by atoms with van der Waals surface area (Å²) in [6.07, 6.45) is 0. The van der Waals surface area contributed by atoms with Crippen molar-refractivity contribution in [2.75, 3.05) is 25.6 Å². The summed E-state index contributed by atoms with van der Waals surface area (Å²) < 4.78 is 16.8. The van der Waals surface area contributed by atoms with Crippen molar-refractivity contribution in [2.45, 2.75) is 19.8 Å². The summed E-state index contributed by atoms with van der Waals surface area (Å²) >= 11 is 0. The largest absolute Gasteiger partial charge is 0.497 e. The lowest BCUT2D eigenvalue weighted by molar-refractivity contribution is -0.115. The Labute approximate surface area is 187 Å². The minimum absolute atomic E-state index is 0.132. The Morgan fingerprint density at radius 3 is 2.22 bits per heavy atom. The molecule has 1 amide bonds. The van der Waals surface area contributed by atoms with Crippen LogP contribution in [0.5, 0.6) is 17.2 Å². The number of hydrogen-bond donors (Lipinski definition) is 1.